The molecule has 0 fully saturated rings. The van der Waals surface area contributed by atoms with Crippen LogP contribution in [0.25, 0.3) is 5.57 Å². The van der Waals surface area contributed by atoms with Crippen molar-refractivity contribution >= 4 is 11.5 Å². The molecule has 0 radical (unpaired) electrons. The summed E-state index contributed by atoms with van der Waals surface area (Å²) in [5, 5.41) is 0. The Balaban J connectivity index is 2.59. The van der Waals surface area contributed by atoms with E-state index in [0.29, 0.717) is 0 Å². The molecule has 0 amide bonds. The Labute approximate surface area is 135 Å². The lowest BCUT2D eigenvalue weighted by molar-refractivity contribution is -0.135. The van der Waals surface area contributed by atoms with Crippen LogP contribution in [0.3, 0.4) is 0 Å². The average Bonchev–Trinajstić information content (AvgIpc) is 2.57. The molecule has 0 N–H and O–H groups in total. The summed E-state index contributed by atoms with van der Waals surface area (Å²) in [5.41, 5.74) is 3.00. The summed E-state index contributed by atoms with van der Waals surface area (Å²) in [4.78, 5) is 11.9. The molecule has 0 bridgehead atoms. The third-order valence-electron chi connectivity index (χ3n) is 4.10. The molecule has 0 heterocycles. The van der Waals surface area contributed by atoms with Gasteiger partial charge in [-0.25, -0.2) is 4.79 Å². The van der Waals surface area contributed by atoms with Gasteiger partial charge in [-0.15, -0.1) is 0 Å². The van der Waals surface area contributed by atoms with Gasteiger partial charge in [-0.05, 0) is 30.9 Å². The summed E-state index contributed by atoms with van der Waals surface area (Å²) in [5.74, 6) is -0.221. The van der Waals surface area contributed by atoms with E-state index in [4.69, 9.17) is 4.74 Å². The van der Waals surface area contributed by atoms with Crippen molar-refractivity contribution in [3.05, 3.63) is 41.5 Å². The summed E-state index contributed by atoms with van der Waals surface area (Å²) in [6.45, 7) is 4.11. The maximum Gasteiger partial charge on any atom is 0.333 e. The van der Waals surface area contributed by atoms with Crippen molar-refractivity contribution in [2.75, 3.05) is 7.11 Å². The van der Waals surface area contributed by atoms with Gasteiger partial charge in [0.2, 0.25) is 0 Å². The van der Waals surface area contributed by atoms with E-state index in [-0.39, 0.29) is 5.97 Å². The van der Waals surface area contributed by atoms with E-state index in [2.05, 4.69) is 19.1 Å². The first kappa shape index (κ1) is 18.5. The molecule has 22 heavy (non-hydrogen) atoms. The van der Waals surface area contributed by atoms with Gasteiger partial charge in [0.15, 0.2) is 0 Å². The fourth-order valence-corrected chi connectivity index (χ4v) is 2.72. The molecule has 0 aromatic heterocycles. The summed E-state index contributed by atoms with van der Waals surface area (Å²) in [7, 11) is 1.45. The van der Waals surface area contributed by atoms with Crippen molar-refractivity contribution in [3.8, 4) is 0 Å². The van der Waals surface area contributed by atoms with Gasteiger partial charge in [0.05, 0.1) is 7.11 Å². The quantitative estimate of drug-likeness (QED) is 0.311. The van der Waals surface area contributed by atoms with Gasteiger partial charge in [-0.2, -0.15) is 0 Å². The average molecular weight is 302 g/mol. The third-order valence-corrected chi connectivity index (χ3v) is 4.10. The molecule has 0 saturated heterocycles. The number of methoxy groups -OCH3 is 1. The Morgan fingerprint density at radius 3 is 2.14 bits per heavy atom. The molecule has 1 rings (SSSR count). The van der Waals surface area contributed by atoms with E-state index in [1.807, 2.05) is 25.1 Å². The van der Waals surface area contributed by atoms with Crippen LogP contribution in [-0.2, 0) is 9.53 Å². The second-order valence-corrected chi connectivity index (χ2v) is 5.83. The highest BCUT2D eigenvalue weighted by Gasteiger charge is 2.12. The first-order valence-corrected chi connectivity index (χ1v) is 8.54. The van der Waals surface area contributed by atoms with Crippen LogP contribution in [0.4, 0.5) is 0 Å². The van der Waals surface area contributed by atoms with Gasteiger partial charge < -0.3 is 4.74 Å². The molecule has 1 aromatic carbocycles. The van der Waals surface area contributed by atoms with Crippen LogP contribution in [0.5, 0.6) is 0 Å². The Bertz CT molecular complexity index is 460. The maximum absolute atomic E-state index is 11.9. The van der Waals surface area contributed by atoms with Gasteiger partial charge >= 0.3 is 5.97 Å². The minimum atomic E-state index is -0.221. The summed E-state index contributed by atoms with van der Waals surface area (Å²) >= 11 is 0. The molecule has 1 aromatic rings. The number of carbonyl (C=O) groups excluding carboxylic acids is 1. The lowest BCUT2D eigenvalue weighted by atomic mass is 9.95. The van der Waals surface area contributed by atoms with Gasteiger partial charge in [0.25, 0.3) is 0 Å². The van der Waals surface area contributed by atoms with Crippen LogP contribution in [0.2, 0.25) is 0 Å². The van der Waals surface area contributed by atoms with Crippen LogP contribution in [0.1, 0.15) is 70.8 Å². The lowest BCUT2D eigenvalue weighted by Crippen LogP contribution is -2.05. The minimum Gasteiger partial charge on any atom is -0.466 e. The molecule has 0 aliphatic rings. The molecular weight excluding hydrogens is 272 g/mol. The summed E-state index contributed by atoms with van der Waals surface area (Å²) in [6.07, 6.45) is 9.90. The van der Waals surface area contributed by atoms with E-state index >= 15 is 0 Å². The zero-order valence-electron chi connectivity index (χ0n) is 14.4. The van der Waals surface area contributed by atoms with Crippen molar-refractivity contribution in [3.63, 3.8) is 0 Å². The van der Waals surface area contributed by atoms with Gasteiger partial charge in [-0.1, -0.05) is 75.8 Å². The molecule has 0 spiro atoms. The molecule has 2 heteroatoms. The fourth-order valence-electron chi connectivity index (χ4n) is 2.72. The third kappa shape index (κ3) is 6.46. The summed E-state index contributed by atoms with van der Waals surface area (Å²) < 4.78 is 4.89. The number of allylic oxidation sites excluding steroid dienone is 1. The van der Waals surface area contributed by atoms with E-state index in [9.17, 15) is 4.79 Å². The Hall–Kier alpha value is -1.57. The Kier molecular flexibility index (Phi) is 9.29. The van der Waals surface area contributed by atoms with Gasteiger partial charge in [0.1, 0.15) is 0 Å². The molecular formula is C20H30O2. The fraction of sp³-hybridized carbons (Fsp3) is 0.550. The number of ether oxygens (including phenoxy) is 1. The van der Waals surface area contributed by atoms with E-state index < -0.39 is 0 Å². The first-order valence-electron chi connectivity index (χ1n) is 8.54. The number of rotatable bonds is 10. The maximum atomic E-state index is 11.9. The molecule has 0 saturated carbocycles. The lowest BCUT2D eigenvalue weighted by Gasteiger charge is -2.12. The number of esters is 1. The van der Waals surface area contributed by atoms with Crippen molar-refractivity contribution in [1.29, 1.82) is 0 Å². The second kappa shape index (κ2) is 11.1. The van der Waals surface area contributed by atoms with E-state index in [1.165, 1.54) is 45.6 Å². The number of hydrogen-bond donors (Lipinski definition) is 0. The summed E-state index contributed by atoms with van der Waals surface area (Å²) in [6, 6.07) is 10.2. The number of carbonyl (C=O) groups is 1. The predicted molar refractivity (Wildman–Crippen MR) is 93.7 cm³/mol. The van der Waals surface area contributed by atoms with Crippen molar-refractivity contribution in [2.45, 2.75) is 65.2 Å². The Morgan fingerprint density at radius 1 is 0.955 bits per heavy atom. The number of benzene rings is 1. The van der Waals surface area contributed by atoms with Crippen molar-refractivity contribution < 1.29 is 9.53 Å². The zero-order chi connectivity index (χ0) is 16.2. The molecule has 2 nitrogen and oxygen atoms in total. The second-order valence-electron chi connectivity index (χ2n) is 5.83. The standard InChI is InChI=1S/C20H30O2/c1-4-5-6-7-8-9-13-16-19(17(2)20(21)22-3)18-14-11-10-12-15-18/h10-12,14-15H,4-9,13,16H2,1-3H3. The molecule has 0 unspecified atom stereocenters. The monoisotopic (exact) mass is 302 g/mol. The molecule has 0 aliphatic carbocycles. The molecule has 0 aliphatic heterocycles. The Morgan fingerprint density at radius 2 is 1.55 bits per heavy atom. The highest BCUT2D eigenvalue weighted by Crippen LogP contribution is 2.25. The van der Waals surface area contributed by atoms with Crippen molar-refractivity contribution in [1.82, 2.24) is 0 Å². The molecule has 122 valence electrons. The highest BCUT2D eigenvalue weighted by molar-refractivity contribution is 5.97. The number of unbranched alkanes of at least 4 members (excludes halogenated alkanes) is 6. The van der Waals surface area contributed by atoms with E-state index in [0.717, 1.165) is 29.6 Å². The van der Waals surface area contributed by atoms with E-state index in [1.54, 1.807) is 0 Å². The first-order chi connectivity index (χ1) is 10.7. The molecule has 0 atom stereocenters. The number of hydrogen-bond acceptors (Lipinski definition) is 2. The topological polar surface area (TPSA) is 26.3 Å². The zero-order valence-corrected chi connectivity index (χ0v) is 14.4. The largest absolute Gasteiger partial charge is 0.466 e. The van der Waals surface area contributed by atoms with Crippen molar-refractivity contribution in [2.24, 2.45) is 0 Å². The van der Waals surface area contributed by atoms with Gasteiger partial charge in [0, 0.05) is 5.57 Å². The predicted octanol–water partition coefficient (Wildman–Crippen LogP) is 5.77. The normalized spacial score (nSPS) is 12.0. The van der Waals surface area contributed by atoms with Crippen LogP contribution >= 0.6 is 0 Å². The van der Waals surface area contributed by atoms with Crippen LogP contribution < -0.4 is 0 Å². The SMILES string of the molecule is CCCCCCCCCC(=C(C)C(=O)OC)c1ccccc1. The van der Waals surface area contributed by atoms with Crippen LogP contribution in [0.15, 0.2) is 35.9 Å². The highest BCUT2D eigenvalue weighted by atomic mass is 16.5. The van der Waals surface area contributed by atoms with Gasteiger partial charge in [-0.3, -0.25) is 0 Å². The minimum absolute atomic E-state index is 0.221. The van der Waals surface area contributed by atoms with Crippen LogP contribution in [0, 0.1) is 0 Å². The smallest absolute Gasteiger partial charge is 0.333 e. The van der Waals surface area contributed by atoms with Crippen LogP contribution in [-0.4, -0.2) is 13.1 Å².